The van der Waals surface area contributed by atoms with Gasteiger partial charge < -0.3 is 19.1 Å². The Morgan fingerprint density at radius 3 is 2.73 bits per heavy atom. The first-order valence-electron chi connectivity index (χ1n) is 9.00. The van der Waals surface area contributed by atoms with Gasteiger partial charge in [0.1, 0.15) is 24.1 Å². The normalized spacial score (nSPS) is 21.8. The van der Waals surface area contributed by atoms with Crippen LogP contribution in [0, 0.1) is 5.41 Å². The summed E-state index contributed by atoms with van der Waals surface area (Å²) >= 11 is 0. The smallest absolute Gasteiger partial charge is 0.410 e. The maximum absolute atomic E-state index is 12.4. The van der Waals surface area contributed by atoms with Crippen molar-refractivity contribution in [3.8, 4) is 5.75 Å². The SMILES string of the molecule is CC(C)(C)OC(=O)N1CCC(C)(C)[C@H](Oc2ccc3c(c2)COC3=O)C1. The lowest BCUT2D eigenvalue weighted by molar-refractivity contribution is -0.0281. The Bertz CT molecular complexity index is 719. The van der Waals surface area contributed by atoms with Gasteiger partial charge in [0.2, 0.25) is 0 Å². The number of benzene rings is 1. The lowest BCUT2D eigenvalue weighted by Crippen LogP contribution is -2.53. The van der Waals surface area contributed by atoms with Gasteiger partial charge in [-0.3, -0.25) is 0 Å². The van der Waals surface area contributed by atoms with Crippen molar-refractivity contribution in [3.63, 3.8) is 0 Å². The molecule has 1 aromatic rings. The molecule has 142 valence electrons. The summed E-state index contributed by atoms with van der Waals surface area (Å²) < 4.78 is 16.8. The minimum atomic E-state index is -0.521. The number of nitrogens with zero attached hydrogens (tertiary/aromatic N) is 1. The molecule has 0 spiro atoms. The molecule has 0 unspecified atom stereocenters. The summed E-state index contributed by atoms with van der Waals surface area (Å²) in [6.45, 7) is 11.3. The molecule has 0 N–H and O–H groups in total. The van der Waals surface area contributed by atoms with Crippen LogP contribution < -0.4 is 4.74 Å². The third kappa shape index (κ3) is 3.94. The number of fused-ring (bicyclic) bond motifs is 1. The zero-order valence-electron chi connectivity index (χ0n) is 16.1. The van der Waals surface area contributed by atoms with E-state index in [2.05, 4.69) is 13.8 Å². The highest BCUT2D eigenvalue weighted by atomic mass is 16.6. The van der Waals surface area contributed by atoms with Crippen LogP contribution in [0.1, 0.15) is 57.0 Å². The van der Waals surface area contributed by atoms with Crippen LogP contribution in [-0.4, -0.2) is 41.8 Å². The molecule has 6 heteroatoms. The largest absolute Gasteiger partial charge is 0.488 e. The van der Waals surface area contributed by atoms with E-state index >= 15 is 0 Å². The monoisotopic (exact) mass is 361 g/mol. The Balaban J connectivity index is 1.72. The lowest BCUT2D eigenvalue weighted by Gasteiger charge is -2.43. The van der Waals surface area contributed by atoms with Crippen LogP contribution in [0.5, 0.6) is 5.75 Å². The Kier molecular flexibility index (Phi) is 4.63. The van der Waals surface area contributed by atoms with Gasteiger partial charge in [-0.15, -0.1) is 0 Å². The van der Waals surface area contributed by atoms with Crippen LogP contribution >= 0.6 is 0 Å². The number of cyclic esters (lactones) is 1. The van der Waals surface area contributed by atoms with Crippen molar-refractivity contribution in [1.82, 2.24) is 4.90 Å². The van der Waals surface area contributed by atoms with E-state index in [0.717, 1.165) is 12.0 Å². The number of amides is 1. The van der Waals surface area contributed by atoms with Crippen LogP contribution in [0.2, 0.25) is 0 Å². The molecule has 2 aliphatic rings. The molecule has 3 rings (SSSR count). The summed E-state index contributed by atoms with van der Waals surface area (Å²) in [6.07, 6.45) is 0.345. The summed E-state index contributed by atoms with van der Waals surface area (Å²) in [7, 11) is 0. The number of likely N-dealkylation sites (tertiary alicyclic amines) is 1. The van der Waals surface area contributed by atoms with Crippen LogP contribution in [0.3, 0.4) is 0 Å². The second kappa shape index (κ2) is 6.49. The molecule has 2 heterocycles. The van der Waals surface area contributed by atoms with Crippen molar-refractivity contribution >= 4 is 12.1 Å². The number of hydrogen-bond donors (Lipinski definition) is 0. The summed E-state index contributed by atoms with van der Waals surface area (Å²) in [6, 6.07) is 5.37. The summed E-state index contributed by atoms with van der Waals surface area (Å²) in [5, 5.41) is 0. The molecule has 0 bridgehead atoms. The van der Waals surface area contributed by atoms with Gasteiger partial charge in [0.05, 0.1) is 12.1 Å². The van der Waals surface area contributed by atoms with Crippen molar-refractivity contribution in [2.24, 2.45) is 5.41 Å². The fourth-order valence-corrected chi connectivity index (χ4v) is 3.16. The van der Waals surface area contributed by atoms with Gasteiger partial charge in [-0.1, -0.05) is 13.8 Å². The van der Waals surface area contributed by atoms with Crippen LogP contribution in [0.25, 0.3) is 0 Å². The summed E-state index contributed by atoms with van der Waals surface area (Å²) in [4.78, 5) is 25.7. The minimum Gasteiger partial charge on any atom is -0.488 e. The molecule has 26 heavy (non-hydrogen) atoms. The van der Waals surface area contributed by atoms with Crippen LogP contribution in [-0.2, 0) is 16.1 Å². The fourth-order valence-electron chi connectivity index (χ4n) is 3.16. The van der Waals surface area contributed by atoms with Gasteiger partial charge in [-0.2, -0.15) is 0 Å². The Labute approximate surface area is 154 Å². The molecule has 1 amide bonds. The van der Waals surface area contributed by atoms with Crippen molar-refractivity contribution < 1.29 is 23.8 Å². The average Bonchev–Trinajstić information content (AvgIpc) is 2.88. The molecule has 0 saturated carbocycles. The zero-order valence-corrected chi connectivity index (χ0v) is 16.1. The number of piperidine rings is 1. The maximum Gasteiger partial charge on any atom is 0.410 e. The van der Waals surface area contributed by atoms with E-state index in [0.29, 0.717) is 24.4 Å². The van der Waals surface area contributed by atoms with Gasteiger partial charge in [-0.05, 0) is 45.4 Å². The first kappa shape index (κ1) is 18.5. The van der Waals surface area contributed by atoms with Gasteiger partial charge in [0.15, 0.2) is 0 Å². The van der Waals surface area contributed by atoms with E-state index in [9.17, 15) is 9.59 Å². The van der Waals surface area contributed by atoms with Gasteiger partial charge in [0.25, 0.3) is 0 Å². The predicted octanol–water partition coefficient (Wildman–Crippen LogP) is 3.77. The molecule has 1 fully saturated rings. The highest BCUT2D eigenvalue weighted by Gasteiger charge is 2.40. The van der Waals surface area contributed by atoms with Gasteiger partial charge in [-0.25, -0.2) is 9.59 Å². The van der Waals surface area contributed by atoms with Crippen LogP contribution in [0.4, 0.5) is 4.79 Å². The summed E-state index contributed by atoms with van der Waals surface area (Å²) in [5.41, 5.74) is 0.831. The Hall–Kier alpha value is -2.24. The Morgan fingerprint density at radius 1 is 1.31 bits per heavy atom. The molecule has 2 aliphatic heterocycles. The number of carbonyl (C=O) groups excluding carboxylic acids is 2. The predicted molar refractivity (Wildman–Crippen MR) is 96.2 cm³/mol. The van der Waals surface area contributed by atoms with Crippen LogP contribution in [0.15, 0.2) is 18.2 Å². The Morgan fingerprint density at radius 2 is 2.04 bits per heavy atom. The first-order valence-corrected chi connectivity index (χ1v) is 9.00. The topological polar surface area (TPSA) is 65.1 Å². The van der Waals surface area contributed by atoms with Gasteiger partial charge >= 0.3 is 12.1 Å². The second-order valence-electron chi connectivity index (χ2n) is 8.67. The molecule has 1 atom stereocenters. The number of rotatable bonds is 2. The quantitative estimate of drug-likeness (QED) is 0.750. The van der Waals surface area contributed by atoms with Crippen molar-refractivity contribution in [2.75, 3.05) is 13.1 Å². The highest BCUT2D eigenvalue weighted by Crippen LogP contribution is 2.35. The fraction of sp³-hybridized carbons (Fsp3) is 0.600. The van der Waals surface area contributed by atoms with Crippen molar-refractivity contribution in [3.05, 3.63) is 29.3 Å². The second-order valence-corrected chi connectivity index (χ2v) is 8.67. The maximum atomic E-state index is 12.4. The molecule has 0 aromatic heterocycles. The molecule has 0 aliphatic carbocycles. The van der Waals surface area contributed by atoms with Crippen molar-refractivity contribution in [1.29, 1.82) is 0 Å². The number of hydrogen-bond acceptors (Lipinski definition) is 5. The lowest BCUT2D eigenvalue weighted by atomic mass is 9.80. The van der Waals surface area contributed by atoms with Gasteiger partial charge in [0, 0.05) is 17.5 Å². The molecule has 0 radical (unpaired) electrons. The number of ether oxygens (including phenoxy) is 3. The zero-order chi connectivity index (χ0) is 19.1. The number of carbonyl (C=O) groups is 2. The third-order valence-electron chi connectivity index (χ3n) is 4.87. The third-order valence-corrected chi connectivity index (χ3v) is 4.87. The molecule has 1 aromatic carbocycles. The standard InChI is InChI=1S/C20H27NO5/c1-19(2,3)26-18(23)21-9-8-20(4,5)16(11-21)25-14-6-7-15-13(10-14)12-24-17(15)22/h6-7,10,16H,8-9,11-12H2,1-5H3/t16-/m1/s1. The molecular formula is C20H27NO5. The van der Waals surface area contributed by atoms with E-state index < -0.39 is 5.60 Å². The van der Waals surface area contributed by atoms with Crippen molar-refractivity contribution in [2.45, 2.75) is 59.4 Å². The average molecular weight is 361 g/mol. The van der Waals surface area contributed by atoms with E-state index in [-0.39, 0.29) is 30.2 Å². The molecular weight excluding hydrogens is 334 g/mol. The summed E-state index contributed by atoms with van der Waals surface area (Å²) in [5.74, 6) is 0.395. The van der Waals surface area contributed by atoms with E-state index in [4.69, 9.17) is 14.2 Å². The van der Waals surface area contributed by atoms with E-state index in [1.165, 1.54) is 0 Å². The first-order chi connectivity index (χ1) is 12.0. The van der Waals surface area contributed by atoms with E-state index in [1.807, 2.05) is 26.8 Å². The highest BCUT2D eigenvalue weighted by molar-refractivity contribution is 5.93. The number of esters is 1. The van der Waals surface area contributed by atoms with E-state index in [1.54, 1.807) is 17.0 Å². The molecule has 6 nitrogen and oxygen atoms in total. The minimum absolute atomic E-state index is 0.0795. The molecule has 1 saturated heterocycles.